The molecule has 0 saturated carbocycles. The zero-order valence-corrected chi connectivity index (χ0v) is 8.59. The van der Waals surface area contributed by atoms with Crippen LogP contribution < -0.4 is 5.73 Å². The Labute approximate surface area is 88.9 Å². The van der Waals surface area contributed by atoms with Crippen molar-refractivity contribution in [3.05, 3.63) is 48.0 Å². The average molecular weight is 199 g/mol. The third kappa shape index (κ3) is 2.26. The second-order valence-electron chi connectivity index (χ2n) is 3.40. The van der Waals surface area contributed by atoms with Gasteiger partial charge in [-0.3, -0.25) is 0 Å². The van der Waals surface area contributed by atoms with Gasteiger partial charge in [0.25, 0.3) is 0 Å². The van der Waals surface area contributed by atoms with E-state index in [4.69, 9.17) is 5.73 Å². The molecule has 2 N–H and O–H groups in total. The largest absolute Gasteiger partial charge is 0.399 e. The van der Waals surface area contributed by atoms with Crippen LogP contribution in [0.5, 0.6) is 0 Å². The van der Waals surface area contributed by atoms with Gasteiger partial charge in [0.15, 0.2) is 0 Å². The number of imidazole rings is 1. The topological polar surface area (TPSA) is 43.8 Å². The summed E-state index contributed by atoms with van der Waals surface area (Å²) in [5, 5.41) is 0. The smallest absolute Gasteiger partial charge is 0.132 e. The molecule has 76 valence electrons. The molecule has 3 nitrogen and oxygen atoms in total. The number of benzene rings is 1. The van der Waals surface area contributed by atoms with E-state index >= 15 is 0 Å². The van der Waals surface area contributed by atoms with Crippen LogP contribution in [0.4, 0.5) is 5.69 Å². The van der Waals surface area contributed by atoms with Crippen molar-refractivity contribution in [3.8, 4) is 0 Å². The molecular weight excluding hydrogens is 186 g/mol. The standard InChI is InChI=1S/C12H13N3/c1-15-9-8-14-12(15)7-4-10-2-5-11(13)6-3-10/h2-9H,13H2,1H3/b7-4+. The molecule has 0 saturated heterocycles. The Morgan fingerprint density at radius 1 is 1.20 bits per heavy atom. The summed E-state index contributed by atoms with van der Waals surface area (Å²) >= 11 is 0. The minimum Gasteiger partial charge on any atom is -0.399 e. The summed E-state index contributed by atoms with van der Waals surface area (Å²) in [6.45, 7) is 0. The van der Waals surface area contributed by atoms with E-state index in [1.807, 2.05) is 54.2 Å². The monoisotopic (exact) mass is 199 g/mol. The van der Waals surface area contributed by atoms with Gasteiger partial charge in [0.1, 0.15) is 5.82 Å². The van der Waals surface area contributed by atoms with Crippen molar-refractivity contribution in [2.45, 2.75) is 0 Å². The number of nitrogens with two attached hydrogens (primary N) is 1. The van der Waals surface area contributed by atoms with Gasteiger partial charge in [-0.05, 0) is 23.8 Å². The summed E-state index contributed by atoms with van der Waals surface area (Å²) in [5.41, 5.74) is 7.50. The summed E-state index contributed by atoms with van der Waals surface area (Å²) in [4.78, 5) is 4.20. The highest BCUT2D eigenvalue weighted by Crippen LogP contribution is 2.09. The number of hydrogen-bond donors (Lipinski definition) is 1. The van der Waals surface area contributed by atoms with E-state index in [0.29, 0.717) is 0 Å². The van der Waals surface area contributed by atoms with Crippen molar-refractivity contribution < 1.29 is 0 Å². The molecule has 0 amide bonds. The van der Waals surface area contributed by atoms with Gasteiger partial charge in [0, 0.05) is 25.1 Å². The van der Waals surface area contributed by atoms with Gasteiger partial charge in [-0.25, -0.2) is 4.98 Å². The van der Waals surface area contributed by atoms with Gasteiger partial charge in [-0.15, -0.1) is 0 Å². The number of nitrogen functional groups attached to an aromatic ring is 1. The van der Waals surface area contributed by atoms with E-state index in [2.05, 4.69) is 4.98 Å². The maximum atomic E-state index is 5.60. The molecule has 1 aromatic carbocycles. The van der Waals surface area contributed by atoms with Gasteiger partial charge in [-0.1, -0.05) is 18.2 Å². The molecule has 0 unspecified atom stereocenters. The lowest BCUT2D eigenvalue weighted by molar-refractivity contribution is 0.898. The molecule has 0 bridgehead atoms. The molecule has 0 aliphatic rings. The van der Waals surface area contributed by atoms with E-state index in [0.717, 1.165) is 17.1 Å². The minimum absolute atomic E-state index is 0.782. The summed E-state index contributed by atoms with van der Waals surface area (Å²) in [7, 11) is 1.97. The normalized spacial score (nSPS) is 11.0. The van der Waals surface area contributed by atoms with Crippen molar-refractivity contribution >= 4 is 17.8 Å². The first-order chi connectivity index (χ1) is 7.25. The lowest BCUT2D eigenvalue weighted by Crippen LogP contribution is -1.88. The SMILES string of the molecule is Cn1ccnc1/C=C/c1ccc(N)cc1. The fourth-order valence-electron chi connectivity index (χ4n) is 1.32. The van der Waals surface area contributed by atoms with Crippen molar-refractivity contribution in [2.75, 3.05) is 5.73 Å². The molecule has 0 aliphatic carbocycles. The number of aryl methyl sites for hydroxylation is 1. The fourth-order valence-corrected chi connectivity index (χ4v) is 1.32. The molecule has 1 aromatic heterocycles. The molecule has 2 aromatic rings. The zero-order valence-electron chi connectivity index (χ0n) is 8.59. The van der Waals surface area contributed by atoms with Crippen LogP contribution in [0.2, 0.25) is 0 Å². The van der Waals surface area contributed by atoms with Crippen LogP contribution in [0.1, 0.15) is 11.4 Å². The maximum Gasteiger partial charge on any atom is 0.132 e. The maximum absolute atomic E-state index is 5.60. The molecule has 15 heavy (non-hydrogen) atoms. The van der Waals surface area contributed by atoms with E-state index < -0.39 is 0 Å². The van der Waals surface area contributed by atoms with E-state index in [1.165, 1.54) is 0 Å². The minimum atomic E-state index is 0.782. The first-order valence-electron chi connectivity index (χ1n) is 4.76. The van der Waals surface area contributed by atoms with Crippen molar-refractivity contribution in [3.63, 3.8) is 0 Å². The van der Waals surface area contributed by atoms with Crippen LogP contribution in [-0.4, -0.2) is 9.55 Å². The van der Waals surface area contributed by atoms with Crippen LogP contribution in [0.15, 0.2) is 36.7 Å². The second-order valence-corrected chi connectivity index (χ2v) is 3.40. The summed E-state index contributed by atoms with van der Waals surface area (Å²) in [6.07, 6.45) is 7.69. The fraction of sp³-hybridized carbons (Fsp3) is 0.0833. The van der Waals surface area contributed by atoms with Crippen molar-refractivity contribution in [1.82, 2.24) is 9.55 Å². The second kappa shape index (κ2) is 4.00. The highest BCUT2D eigenvalue weighted by molar-refractivity contribution is 5.67. The summed E-state index contributed by atoms with van der Waals surface area (Å²) in [6, 6.07) is 7.74. The van der Waals surface area contributed by atoms with E-state index in [1.54, 1.807) is 6.20 Å². The molecule has 0 spiro atoms. The molecule has 3 heteroatoms. The molecule has 0 fully saturated rings. The molecular formula is C12H13N3. The van der Waals surface area contributed by atoms with Gasteiger partial charge < -0.3 is 10.3 Å². The highest BCUT2D eigenvalue weighted by Gasteiger charge is 1.92. The predicted molar refractivity (Wildman–Crippen MR) is 63.0 cm³/mol. The lowest BCUT2D eigenvalue weighted by Gasteiger charge is -1.96. The Morgan fingerprint density at radius 3 is 2.53 bits per heavy atom. The number of hydrogen-bond acceptors (Lipinski definition) is 2. The highest BCUT2D eigenvalue weighted by atomic mass is 15.0. The first kappa shape index (κ1) is 9.52. The number of anilines is 1. The Kier molecular flexibility index (Phi) is 2.54. The molecule has 0 radical (unpaired) electrons. The number of aromatic nitrogens is 2. The van der Waals surface area contributed by atoms with Crippen LogP contribution in [0.3, 0.4) is 0 Å². The van der Waals surface area contributed by atoms with Crippen molar-refractivity contribution in [2.24, 2.45) is 7.05 Å². The Balaban J connectivity index is 2.19. The number of rotatable bonds is 2. The van der Waals surface area contributed by atoms with Crippen LogP contribution >= 0.6 is 0 Å². The van der Waals surface area contributed by atoms with E-state index in [9.17, 15) is 0 Å². The van der Waals surface area contributed by atoms with Crippen LogP contribution in [0.25, 0.3) is 12.2 Å². The Hall–Kier alpha value is -2.03. The van der Waals surface area contributed by atoms with E-state index in [-0.39, 0.29) is 0 Å². The number of nitrogens with zero attached hydrogens (tertiary/aromatic N) is 2. The third-order valence-electron chi connectivity index (χ3n) is 2.22. The summed E-state index contributed by atoms with van der Waals surface area (Å²) < 4.78 is 1.97. The molecule has 0 atom stereocenters. The van der Waals surface area contributed by atoms with Crippen LogP contribution in [-0.2, 0) is 7.05 Å². The summed E-state index contributed by atoms with van der Waals surface area (Å²) in [5.74, 6) is 0.937. The zero-order chi connectivity index (χ0) is 10.7. The van der Waals surface area contributed by atoms with Gasteiger partial charge in [-0.2, -0.15) is 0 Å². The van der Waals surface area contributed by atoms with Crippen molar-refractivity contribution in [1.29, 1.82) is 0 Å². The van der Waals surface area contributed by atoms with Gasteiger partial charge in [0.2, 0.25) is 0 Å². The Morgan fingerprint density at radius 2 is 1.93 bits per heavy atom. The average Bonchev–Trinajstić information content (AvgIpc) is 2.63. The lowest BCUT2D eigenvalue weighted by atomic mass is 10.2. The Bertz CT molecular complexity index is 466. The third-order valence-corrected chi connectivity index (χ3v) is 2.22. The van der Waals surface area contributed by atoms with Gasteiger partial charge >= 0.3 is 0 Å². The quantitative estimate of drug-likeness (QED) is 0.753. The van der Waals surface area contributed by atoms with Crippen LogP contribution in [0, 0.1) is 0 Å². The molecule has 1 heterocycles. The first-order valence-corrected chi connectivity index (χ1v) is 4.76. The van der Waals surface area contributed by atoms with Gasteiger partial charge in [0.05, 0.1) is 0 Å². The predicted octanol–water partition coefficient (Wildman–Crippen LogP) is 2.17. The molecule has 2 rings (SSSR count). The molecule has 0 aliphatic heterocycles.